The molecule has 0 spiro atoms. The molecule has 2 atom stereocenters. The molecule has 0 saturated carbocycles. The van der Waals surface area contributed by atoms with Gasteiger partial charge in [0, 0.05) is 19.0 Å². The van der Waals surface area contributed by atoms with Crippen LogP contribution in [0.4, 0.5) is 0 Å². The summed E-state index contributed by atoms with van der Waals surface area (Å²) in [7, 11) is -3.22. The first-order valence-corrected chi connectivity index (χ1v) is 8.37. The molecule has 2 heterocycles. The van der Waals surface area contributed by atoms with Crippen LogP contribution in [0.25, 0.3) is 0 Å². The van der Waals surface area contributed by atoms with Crippen molar-refractivity contribution < 1.29 is 12.8 Å². The molecule has 19 heavy (non-hydrogen) atoms. The van der Waals surface area contributed by atoms with E-state index in [1.807, 2.05) is 19.1 Å². The summed E-state index contributed by atoms with van der Waals surface area (Å²) in [6.07, 6.45) is 4.80. The van der Waals surface area contributed by atoms with Gasteiger partial charge in [-0.3, -0.25) is 0 Å². The van der Waals surface area contributed by atoms with Crippen LogP contribution in [0, 0.1) is 0 Å². The monoisotopic (exact) mass is 286 g/mol. The van der Waals surface area contributed by atoms with E-state index in [0.717, 1.165) is 38.0 Å². The summed E-state index contributed by atoms with van der Waals surface area (Å²) in [5.74, 6) is 0.894. The van der Waals surface area contributed by atoms with Gasteiger partial charge in [-0.1, -0.05) is 0 Å². The summed E-state index contributed by atoms with van der Waals surface area (Å²) < 4.78 is 32.4. The summed E-state index contributed by atoms with van der Waals surface area (Å²) in [6, 6.07) is 3.68. The maximum absolute atomic E-state index is 12.2. The third-order valence-corrected chi connectivity index (χ3v) is 5.47. The Morgan fingerprint density at radius 1 is 1.58 bits per heavy atom. The number of sulfonamides is 1. The number of piperidine rings is 1. The van der Waals surface area contributed by atoms with Gasteiger partial charge in [0.25, 0.3) is 0 Å². The Morgan fingerprint density at radius 2 is 2.42 bits per heavy atom. The minimum absolute atomic E-state index is 0.0722. The van der Waals surface area contributed by atoms with Crippen LogP contribution in [0.2, 0.25) is 0 Å². The Balaban J connectivity index is 1.81. The van der Waals surface area contributed by atoms with Crippen molar-refractivity contribution in [1.29, 1.82) is 0 Å². The Bertz CT molecular complexity index is 464. The lowest BCUT2D eigenvalue weighted by molar-refractivity contribution is 0.466. The summed E-state index contributed by atoms with van der Waals surface area (Å²) >= 11 is 0. The first-order chi connectivity index (χ1) is 9.08. The van der Waals surface area contributed by atoms with E-state index >= 15 is 0 Å². The maximum Gasteiger partial charge on any atom is 0.215 e. The van der Waals surface area contributed by atoms with E-state index in [1.54, 1.807) is 6.26 Å². The molecule has 108 valence electrons. The fourth-order valence-electron chi connectivity index (χ4n) is 2.33. The highest BCUT2D eigenvalue weighted by Crippen LogP contribution is 2.12. The van der Waals surface area contributed by atoms with E-state index in [-0.39, 0.29) is 11.3 Å². The van der Waals surface area contributed by atoms with Crippen molar-refractivity contribution in [2.45, 2.75) is 43.9 Å². The van der Waals surface area contributed by atoms with Crippen molar-refractivity contribution >= 4 is 10.0 Å². The first-order valence-electron chi connectivity index (χ1n) is 6.82. The minimum atomic E-state index is -3.22. The highest BCUT2D eigenvalue weighted by molar-refractivity contribution is 7.90. The largest absolute Gasteiger partial charge is 0.469 e. The molecular formula is C13H22N2O3S. The second kappa shape index (κ2) is 6.54. The van der Waals surface area contributed by atoms with Gasteiger partial charge in [0.1, 0.15) is 5.76 Å². The van der Waals surface area contributed by atoms with E-state index in [2.05, 4.69) is 10.0 Å². The first kappa shape index (κ1) is 14.6. The predicted octanol–water partition coefficient (Wildman–Crippen LogP) is 1.27. The number of nitrogens with one attached hydrogen (secondary N) is 2. The van der Waals surface area contributed by atoms with Crippen LogP contribution in [-0.4, -0.2) is 32.8 Å². The van der Waals surface area contributed by atoms with Gasteiger partial charge in [-0.05, 0) is 44.9 Å². The third kappa shape index (κ3) is 4.33. The molecule has 0 radical (unpaired) electrons. The van der Waals surface area contributed by atoms with Crippen LogP contribution in [0.15, 0.2) is 22.8 Å². The lowest BCUT2D eigenvalue weighted by Gasteiger charge is -2.24. The zero-order valence-electron chi connectivity index (χ0n) is 11.3. The fraction of sp³-hybridized carbons (Fsp3) is 0.692. The van der Waals surface area contributed by atoms with Crippen LogP contribution < -0.4 is 10.0 Å². The average Bonchev–Trinajstić information content (AvgIpc) is 2.90. The van der Waals surface area contributed by atoms with E-state index in [1.165, 1.54) is 0 Å². The number of hydrogen-bond donors (Lipinski definition) is 2. The Morgan fingerprint density at radius 3 is 3.05 bits per heavy atom. The minimum Gasteiger partial charge on any atom is -0.469 e. The van der Waals surface area contributed by atoms with Crippen molar-refractivity contribution in [3.8, 4) is 0 Å². The molecule has 0 aromatic carbocycles. The molecule has 1 aliphatic heterocycles. The van der Waals surface area contributed by atoms with Crippen LogP contribution in [0.1, 0.15) is 31.9 Å². The lowest BCUT2D eigenvalue weighted by Crippen LogP contribution is -2.46. The van der Waals surface area contributed by atoms with E-state index < -0.39 is 10.0 Å². The van der Waals surface area contributed by atoms with Crippen LogP contribution in [0.5, 0.6) is 0 Å². The highest BCUT2D eigenvalue weighted by Gasteiger charge is 2.28. The average molecular weight is 286 g/mol. The predicted molar refractivity (Wildman–Crippen MR) is 74.4 cm³/mol. The maximum atomic E-state index is 12.2. The molecule has 0 amide bonds. The van der Waals surface area contributed by atoms with Gasteiger partial charge < -0.3 is 9.73 Å². The third-order valence-electron chi connectivity index (χ3n) is 3.46. The smallest absolute Gasteiger partial charge is 0.215 e. The molecule has 1 saturated heterocycles. The van der Waals surface area contributed by atoms with E-state index in [9.17, 15) is 8.42 Å². The molecule has 6 heteroatoms. The molecular weight excluding hydrogens is 264 g/mol. The molecule has 2 N–H and O–H groups in total. The van der Waals surface area contributed by atoms with Crippen molar-refractivity contribution in [1.82, 2.24) is 10.0 Å². The number of furan rings is 1. The van der Waals surface area contributed by atoms with Crippen LogP contribution >= 0.6 is 0 Å². The van der Waals surface area contributed by atoms with Gasteiger partial charge in [0.05, 0.1) is 11.5 Å². The van der Waals surface area contributed by atoms with Gasteiger partial charge in [-0.15, -0.1) is 0 Å². The SMILES string of the molecule is CC(CCc1ccco1)NS(=O)(=O)C1CCCNC1. The zero-order chi connectivity index (χ0) is 13.7. The number of rotatable bonds is 6. The molecule has 0 bridgehead atoms. The Kier molecular flexibility index (Phi) is 5.01. The second-order valence-corrected chi connectivity index (χ2v) is 7.14. The van der Waals surface area contributed by atoms with Gasteiger partial charge in [0.15, 0.2) is 0 Å². The molecule has 1 aromatic rings. The topological polar surface area (TPSA) is 71.3 Å². The molecule has 1 aliphatic rings. The summed E-state index contributed by atoms with van der Waals surface area (Å²) in [4.78, 5) is 0. The van der Waals surface area contributed by atoms with Crippen molar-refractivity contribution in [3.63, 3.8) is 0 Å². The van der Waals surface area contributed by atoms with E-state index in [4.69, 9.17) is 4.42 Å². The van der Waals surface area contributed by atoms with Gasteiger partial charge in [-0.2, -0.15) is 0 Å². The van der Waals surface area contributed by atoms with Crippen molar-refractivity contribution in [3.05, 3.63) is 24.2 Å². The molecule has 2 unspecified atom stereocenters. The molecule has 2 rings (SSSR count). The Labute approximate surface area is 114 Å². The summed E-state index contributed by atoms with van der Waals surface area (Å²) in [5.41, 5.74) is 0. The molecule has 0 aliphatic carbocycles. The quantitative estimate of drug-likeness (QED) is 0.826. The number of hydrogen-bond acceptors (Lipinski definition) is 4. The zero-order valence-corrected chi connectivity index (χ0v) is 12.1. The van der Waals surface area contributed by atoms with Gasteiger partial charge in [-0.25, -0.2) is 13.1 Å². The highest BCUT2D eigenvalue weighted by atomic mass is 32.2. The van der Waals surface area contributed by atoms with Crippen LogP contribution in [0.3, 0.4) is 0 Å². The molecule has 1 aromatic heterocycles. The Hall–Kier alpha value is -0.850. The summed E-state index contributed by atoms with van der Waals surface area (Å²) in [5, 5.41) is 2.84. The second-order valence-electron chi connectivity index (χ2n) is 5.15. The standard InChI is InChI=1S/C13H22N2O3S/c1-11(6-7-12-4-3-9-18-12)15-19(16,17)13-5-2-8-14-10-13/h3-4,9,11,13-15H,2,5-8,10H2,1H3. The van der Waals surface area contributed by atoms with Crippen molar-refractivity contribution in [2.24, 2.45) is 0 Å². The van der Waals surface area contributed by atoms with Gasteiger partial charge in [0.2, 0.25) is 10.0 Å². The summed E-state index contributed by atoms with van der Waals surface area (Å²) in [6.45, 7) is 3.37. The molecule has 1 fully saturated rings. The lowest BCUT2D eigenvalue weighted by atomic mass is 10.2. The molecule has 5 nitrogen and oxygen atoms in total. The van der Waals surface area contributed by atoms with Crippen LogP contribution in [-0.2, 0) is 16.4 Å². The van der Waals surface area contributed by atoms with Crippen molar-refractivity contribution in [2.75, 3.05) is 13.1 Å². The fourth-order valence-corrected chi connectivity index (χ4v) is 4.02. The number of aryl methyl sites for hydroxylation is 1. The normalized spacial score (nSPS) is 22.3. The van der Waals surface area contributed by atoms with Gasteiger partial charge >= 0.3 is 0 Å². The van der Waals surface area contributed by atoms with E-state index in [0.29, 0.717) is 6.54 Å².